The van der Waals surface area contributed by atoms with E-state index in [9.17, 15) is 4.79 Å². The highest BCUT2D eigenvalue weighted by molar-refractivity contribution is 5.86. The van der Waals surface area contributed by atoms with Crippen LogP contribution in [0.4, 0.5) is 0 Å². The van der Waals surface area contributed by atoms with Gasteiger partial charge in [0.15, 0.2) is 5.69 Å². The summed E-state index contributed by atoms with van der Waals surface area (Å²) < 4.78 is 11.6. The molecular formula is C15H13N3O3. The van der Waals surface area contributed by atoms with Gasteiger partial charge in [-0.3, -0.25) is 0 Å². The Bertz CT molecular complexity index is 746. The zero-order valence-corrected chi connectivity index (χ0v) is 11.4. The highest BCUT2D eigenvalue weighted by Crippen LogP contribution is 2.19. The lowest BCUT2D eigenvalue weighted by atomic mass is 10.1. The standard InChI is InChI=1S/C15H13N3O3/c1-2-20-14(19)13-10-21-15(17-13)18-9-12(8-16-18)11-6-4-3-5-7-11/h3-10H,2H2,1H3. The molecule has 0 fully saturated rings. The zero-order valence-electron chi connectivity index (χ0n) is 11.4. The number of esters is 1. The molecule has 21 heavy (non-hydrogen) atoms. The molecule has 0 radical (unpaired) electrons. The van der Waals surface area contributed by atoms with E-state index < -0.39 is 5.97 Å². The molecule has 0 aliphatic heterocycles. The molecule has 2 heterocycles. The van der Waals surface area contributed by atoms with Crippen LogP contribution in [0.15, 0.2) is 53.4 Å². The van der Waals surface area contributed by atoms with Gasteiger partial charge in [0.1, 0.15) is 6.26 Å². The Morgan fingerprint density at radius 3 is 2.86 bits per heavy atom. The average Bonchev–Trinajstić information content (AvgIpc) is 3.17. The van der Waals surface area contributed by atoms with Gasteiger partial charge in [-0.25, -0.2) is 4.79 Å². The molecule has 106 valence electrons. The van der Waals surface area contributed by atoms with Crippen molar-refractivity contribution in [3.05, 3.63) is 54.7 Å². The predicted molar refractivity (Wildman–Crippen MR) is 75.0 cm³/mol. The molecule has 0 saturated heterocycles. The molecular weight excluding hydrogens is 270 g/mol. The fourth-order valence-electron chi connectivity index (χ4n) is 1.88. The predicted octanol–water partition coefficient (Wildman–Crippen LogP) is 2.70. The molecule has 3 aromatic rings. The SMILES string of the molecule is CCOC(=O)c1coc(-n2cc(-c3ccccc3)cn2)n1. The topological polar surface area (TPSA) is 70.2 Å². The van der Waals surface area contributed by atoms with Crippen molar-refractivity contribution in [1.29, 1.82) is 0 Å². The summed E-state index contributed by atoms with van der Waals surface area (Å²) in [6.07, 6.45) is 4.76. The number of rotatable bonds is 4. The maximum atomic E-state index is 11.5. The van der Waals surface area contributed by atoms with Gasteiger partial charge in [-0.1, -0.05) is 30.3 Å². The molecule has 0 N–H and O–H groups in total. The third kappa shape index (κ3) is 2.69. The number of nitrogens with zero attached hydrogens (tertiary/aromatic N) is 3. The van der Waals surface area contributed by atoms with Crippen LogP contribution in [-0.4, -0.2) is 27.3 Å². The van der Waals surface area contributed by atoms with Crippen LogP contribution >= 0.6 is 0 Å². The Morgan fingerprint density at radius 1 is 1.29 bits per heavy atom. The van der Waals surface area contributed by atoms with E-state index >= 15 is 0 Å². The van der Waals surface area contributed by atoms with E-state index in [4.69, 9.17) is 9.15 Å². The fraction of sp³-hybridized carbons (Fsp3) is 0.133. The van der Waals surface area contributed by atoms with Gasteiger partial charge >= 0.3 is 12.0 Å². The summed E-state index contributed by atoms with van der Waals surface area (Å²) in [7, 11) is 0. The Hall–Kier alpha value is -2.89. The summed E-state index contributed by atoms with van der Waals surface area (Å²) in [5.74, 6) is -0.511. The first-order valence-electron chi connectivity index (χ1n) is 6.51. The lowest BCUT2D eigenvalue weighted by molar-refractivity contribution is 0.0519. The minimum Gasteiger partial charge on any atom is -0.461 e. The summed E-state index contributed by atoms with van der Waals surface area (Å²) >= 11 is 0. The molecule has 0 saturated carbocycles. The van der Waals surface area contributed by atoms with Gasteiger partial charge in [0, 0.05) is 11.8 Å². The van der Waals surface area contributed by atoms with E-state index in [1.807, 2.05) is 30.3 Å². The van der Waals surface area contributed by atoms with Crippen LogP contribution < -0.4 is 0 Å². The smallest absolute Gasteiger partial charge is 0.360 e. The summed E-state index contributed by atoms with van der Waals surface area (Å²) in [6.45, 7) is 2.03. The van der Waals surface area contributed by atoms with E-state index in [0.717, 1.165) is 11.1 Å². The first-order chi connectivity index (χ1) is 10.3. The van der Waals surface area contributed by atoms with Crippen molar-refractivity contribution in [3.63, 3.8) is 0 Å². The van der Waals surface area contributed by atoms with Crippen LogP contribution in [0.3, 0.4) is 0 Å². The normalized spacial score (nSPS) is 10.5. The molecule has 0 spiro atoms. The lowest BCUT2D eigenvalue weighted by Gasteiger charge is -1.95. The van der Waals surface area contributed by atoms with Crippen molar-refractivity contribution in [2.75, 3.05) is 6.61 Å². The highest BCUT2D eigenvalue weighted by Gasteiger charge is 2.15. The number of hydrogen-bond donors (Lipinski definition) is 0. The first-order valence-corrected chi connectivity index (χ1v) is 6.51. The number of aromatic nitrogens is 3. The van der Waals surface area contributed by atoms with Gasteiger partial charge in [-0.15, -0.1) is 0 Å². The lowest BCUT2D eigenvalue weighted by Crippen LogP contribution is -2.05. The quantitative estimate of drug-likeness (QED) is 0.688. The van der Waals surface area contributed by atoms with E-state index in [1.165, 1.54) is 10.9 Å². The van der Waals surface area contributed by atoms with Gasteiger partial charge in [0.25, 0.3) is 0 Å². The second-order valence-electron chi connectivity index (χ2n) is 4.28. The van der Waals surface area contributed by atoms with Crippen molar-refractivity contribution < 1.29 is 13.9 Å². The molecule has 6 heteroatoms. The van der Waals surface area contributed by atoms with Crippen molar-refractivity contribution in [3.8, 4) is 17.1 Å². The van der Waals surface area contributed by atoms with Crippen LogP contribution in [0.1, 0.15) is 17.4 Å². The summed E-state index contributed by atoms with van der Waals surface area (Å²) in [4.78, 5) is 15.6. The molecule has 0 unspecified atom stereocenters. The molecule has 3 rings (SSSR count). The molecule has 0 bridgehead atoms. The molecule has 0 atom stereocenters. The molecule has 0 aliphatic carbocycles. The highest BCUT2D eigenvalue weighted by atomic mass is 16.5. The number of carbonyl (C=O) groups is 1. The molecule has 1 aromatic carbocycles. The van der Waals surface area contributed by atoms with E-state index in [-0.39, 0.29) is 11.7 Å². The number of ether oxygens (including phenoxy) is 1. The van der Waals surface area contributed by atoms with Crippen molar-refractivity contribution in [2.45, 2.75) is 6.92 Å². The molecule has 0 amide bonds. The Balaban J connectivity index is 1.85. The maximum Gasteiger partial charge on any atom is 0.360 e. The van der Waals surface area contributed by atoms with Crippen molar-refractivity contribution in [1.82, 2.24) is 14.8 Å². The molecule has 0 aliphatic rings. The second kappa shape index (κ2) is 5.62. The van der Waals surface area contributed by atoms with Crippen molar-refractivity contribution >= 4 is 5.97 Å². The van der Waals surface area contributed by atoms with Gasteiger partial charge in [0.2, 0.25) is 0 Å². The second-order valence-corrected chi connectivity index (χ2v) is 4.28. The minimum atomic E-state index is -0.511. The third-order valence-electron chi connectivity index (χ3n) is 2.86. The van der Waals surface area contributed by atoms with Crippen LogP contribution in [0, 0.1) is 0 Å². The van der Waals surface area contributed by atoms with Crippen LogP contribution in [0.25, 0.3) is 17.1 Å². The fourth-order valence-corrected chi connectivity index (χ4v) is 1.88. The van der Waals surface area contributed by atoms with E-state index in [0.29, 0.717) is 6.61 Å². The maximum absolute atomic E-state index is 11.5. The summed E-state index contributed by atoms with van der Waals surface area (Å²) in [6, 6.07) is 10.1. The third-order valence-corrected chi connectivity index (χ3v) is 2.86. The Kier molecular flexibility index (Phi) is 3.51. The number of carbonyl (C=O) groups excluding carboxylic acids is 1. The monoisotopic (exact) mass is 283 g/mol. The summed E-state index contributed by atoms with van der Waals surface area (Å²) in [5, 5.41) is 4.19. The van der Waals surface area contributed by atoms with Crippen molar-refractivity contribution in [2.24, 2.45) is 0 Å². The van der Waals surface area contributed by atoms with Gasteiger partial charge in [-0.2, -0.15) is 14.8 Å². The number of hydrogen-bond acceptors (Lipinski definition) is 5. The first kappa shape index (κ1) is 13.1. The van der Waals surface area contributed by atoms with E-state index in [2.05, 4.69) is 10.1 Å². The largest absolute Gasteiger partial charge is 0.461 e. The number of benzene rings is 1. The minimum absolute atomic E-state index is 0.128. The van der Waals surface area contributed by atoms with Gasteiger partial charge < -0.3 is 9.15 Å². The van der Waals surface area contributed by atoms with Gasteiger partial charge in [-0.05, 0) is 12.5 Å². The average molecular weight is 283 g/mol. The Morgan fingerprint density at radius 2 is 2.10 bits per heavy atom. The Labute approximate surface area is 121 Å². The van der Waals surface area contributed by atoms with E-state index in [1.54, 1.807) is 19.3 Å². The van der Waals surface area contributed by atoms with Crippen LogP contribution in [0.2, 0.25) is 0 Å². The summed E-state index contributed by atoms with van der Waals surface area (Å²) in [5.41, 5.74) is 2.11. The number of oxazole rings is 1. The zero-order chi connectivity index (χ0) is 14.7. The molecule has 2 aromatic heterocycles. The van der Waals surface area contributed by atoms with Gasteiger partial charge in [0.05, 0.1) is 12.8 Å². The molecule has 6 nitrogen and oxygen atoms in total. The van der Waals surface area contributed by atoms with Crippen LogP contribution in [0.5, 0.6) is 0 Å². The van der Waals surface area contributed by atoms with Crippen LogP contribution in [-0.2, 0) is 4.74 Å².